The maximum Gasteiger partial charge on any atom is 0.325 e. The van der Waals surface area contributed by atoms with Crippen molar-refractivity contribution >= 4 is 16.2 Å². The van der Waals surface area contributed by atoms with Gasteiger partial charge in [0.05, 0.1) is 0 Å². The summed E-state index contributed by atoms with van der Waals surface area (Å²) in [6.07, 6.45) is 1.99. The van der Waals surface area contributed by atoms with Gasteiger partial charge in [-0.15, -0.1) is 0 Å². The Labute approximate surface area is 102 Å². The van der Waals surface area contributed by atoms with E-state index < -0.39 is 21.7 Å². The van der Waals surface area contributed by atoms with Crippen LogP contribution in [-0.2, 0) is 15.0 Å². The van der Waals surface area contributed by atoms with E-state index >= 15 is 0 Å². The minimum absolute atomic E-state index is 0.285. The molecule has 0 aromatic rings. The van der Waals surface area contributed by atoms with Crippen LogP contribution in [0.1, 0.15) is 32.6 Å². The number of aliphatic carboxylic acids is 1. The minimum Gasteiger partial charge on any atom is -0.480 e. The maximum atomic E-state index is 12.1. The summed E-state index contributed by atoms with van der Waals surface area (Å²) < 4.78 is 26.5. The van der Waals surface area contributed by atoms with Crippen molar-refractivity contribution in [2.24, 2.45) is 0 Å². The molecule has 1 aliphatic heterocycles. The quantitative estimate of drug-likeness (QED) is 0.785. The Kier molecular flexibility index (Phi) is 4.16. The molecule has 0 aromatic heterocycles. The van der Waals surface area contributed by atoms with E-state index in [9.17, 15) is 18.3 Å². The number of rotatable bonds is 5. The fourth-order valence-corrected chi connectivity index (χ4v) is 3.83. The highest BCUT2D eigenvalue weighted by Gasteiger charge is 2.52. The first-order valence-electron chi connectivity index (χ1n) is 5.72. The standard InChI is InChI=1S/C10H20N2O4S/c1-4-6-10(9(13)14)7-5-8-12(10)17(15,16)11(2)3/h4-8H2,1-3H3,(H,13,14). The molecular formula is C10H20N2O4S. The first kappa shape index (κ1) is 14.4. The predicted octanol–water partition coefficient (Wildman–Crippen LogP) is 0.512. The van der Waals surface area contributed by atoms with Crippen molar-refractivity contribution in [2.45, 2.75) is 38.1 Å². The zero-order valence-corrected chi connectivity index (χ0v) is 11.3. The predicted molar refractivity (Wildman–Crippen MR) is 63.8 cm³/mol. The summed E-state index contributed by atoms with van der Waals surface area (Å²) in [5, 5.41) is 9.39. The van der Waals surface area contributed by atoms with Gasteiger partial charge >= 0.3 is 5.97 Å². The van der Waals surface area contributed by atoms with Crippen LogP contribution < -0.4 is 0 Å². The third kappa shape index (κ3) is 2.31. The summed E-state index contributed by atoms with van der Waals surface area (Å²) in [6.45, 7) is 2.15. The lowest BCUT2D eigenvalue weighted by Crippen LogP contribution is -2.55. The molecule has 0 spiro atoms. The first-order chi connectivity index (χ1) is 7.79. The monoisotopic (exact) mass is 264 g/mol. The first-order valence-corrected chi connectivity index (χ1v) is 7.12. The van der Waals surface area contributed by atoms with E-state index in [1.165, 1.54) is 14.1 Å². The molecule has 1 rings (SSSR count). The van der Waals surface area contributed by atoms with Gasteiger partial charge in [-0.05, 0) is 19.3 Å². The summed E-state index contributed by atoms with van der Waals surface area (Å²) in [6, 6.07) is 0. The molecule has 0 bridgehead atoms. The highest BCUT2D eigenvalue weighted by atomic mass is 32.2. The van der Waals surface area contributed by atoms with Crippen molar-refractivity contribution in [1.29, 1.82) is 0 Å². The van der Waals surface area contributed by atoms with Crippen molar-refractivity contribution in [2.75, 3.05) is 20.6 Å². The van der Waals surface area contributed by atoms with Crippen molar-refractivity contribution in [1.82, 2.24) is 8.61 Å². The Balaban J connectivity index is 3.18. The average molecular weight is 264 g/mol. The second-order valence-corrected chi connectivity index (χ2v) is 6.62. The molecule has 1 atom stereocenters. The zero-order valence-electron chi connectivity index (χ0n) is 10.5. The summed E-state index contributed by atoms with van der Waals surface area (Å²) >= 11 is 0. The molecule has 1 aliphatic rings. The fourth-order valence-electron chi connectivity index (χ4n) is 2.37. The van der Waals surface area contributed by atoms with Gasteiger partial charge in [0.25, 0.3) is 10.2 Å². The van der Waals surface area contributed by atoms with Crippen LogP contribution in [-0.4, -0.2) is 54.3 Å². The highest BCUT2D eigenvalue weighted by Crippen LogP contribution is 2.36. The fraction of sp³-hybridized carbons (Fsp3) is 0.900. The molecule has 1 N–H and O–H groups in total. The summed E-state index contributed by atoms with van der Waals surface area (Å²) in [5.41, 5.74) is -1.25. The Morgan fingerprint density at radius 1 is 1.47 bits per heavy atom. The average Bonchev–Trinajstić information content (AvgIpc) is 2.63. The third-order valence-corrected chi connectivity index (χ3v) is 5.24. The summed E-state index contributed by atoms with van der Waals surface area (Å²) in [7, 11) is -0.820. The minimum atomic E-state index is -3.67. The Morgan fingerprint density at radius 2 is 2.06 bits per heavy atom. The van der Waals surface area contributed by atoms with Gasteiger partial charge < -0.3 is 5.11 Å². The second-order valence-electron chi connectivity index (χ2n) is 4.55. The van der Waals surface area contributed by atoms with Crippen LogP contribution in [0.5, 0.6) is 0 Å². The molecular weight excluding hydrogens is 244 g/mol. The smallest absolute Gasteiger partial charge is 0.325 e. The van der Waals surface area contributed by atoms with Crippen molar-refractivity contribution < 1.29 is 18.3 Å². The van der Waals surface area contributed by atoms with Gasteiger partial charge in [-0.3, -0.25) is 4.79 Å². The SMILES string of the molecule is CCCC1(C(=O)O)CCCN1S(=O)(=O)N(C)C. The van der Waals surface area contributed by atoms with Crippen LogP contribution in [0.2, 0.25) is 0 Å². The van der Waals surface area contributed by atoms with Crippen molar-refractivity contribution in [3.63, 3.8) is 0 Å². The number of hydrogen-bond donors (Lipinski definition) is 1. The normalized spacial score (nSPS) is 26.6. The molecule has 1 fully saturated rings. The Morgan fingerprint density at radius 3 is 2.47 bits per heavy atom. The van der Waals surface area contributed by atoms with Crippen molar-refractivity contribution in [3.05, 3.63) is 0 Å². The number of hydrogen-bond acceptors (Lipinski definition) is 3. The zero-order chi connectivity index (χ0) is 13.3. The van der Waals surface area contributed by atoms with E-state index in [0.29, 0.717) is 25.7 Å². The Hall–Kier alpha value is -0.660. The van der Waals surface area contributed by atoms with E-state index in [4.69, 9.17) is 0 Å². The van der Waals surface area contributed by atoms with E-state index in [0.717, 1.165) is 8.61 Å². The van der Waals surface area contributed by atoms with Gasteiger partial charge in [0.1, 0.15) is 5.54 Å². The number of carbonyl (C=O) groups is 1. The van der Waals surface area contributed by atoms with E-state index in [1.54, 1.807) is 0 Å². The van der Waals surface area contributed by atoms with Crippen LogP contribution in [0.25, 0.3) is 0 Å². The van der Waals surface area contributed by atoms with Crippen LogP contribution in [0.3, 0.4) is 0 Å². The molecule has 17 heavy (non-hydrogen) atoms. The summed E-state index contributed by atoms with van der Waals surface area (Å²) in [4.78, 5) is 11.5. The molecule has 6 nitrogen and oxygen atoms in total. The van der Waals surface area contributed by atoms with E-state index in [2.05, 4.69) is 0 Å². The van der Waals surface area contributed by atoms with E-state index in [1.807, 2.05) is 6.92 Å². The van der Waals surface area contributed by atoms with Gasteiger partial charge in [-0.1, -0.05) is 13.3 Å². The molecule has 100 valence electrons. The lowest BCUT2D eigenvalue weighted by molar-refractivity contribution is -0.147. The lowest BCUT2D eigenvalue weighted by atomic mass is 9.92. The molecule has 1 heterocycles. The van der Waals surface area contributed by atoms with Crippen LogP contribution >= 0.6 is 0 Å². The largest absolute Gasteiger partial charge is 0.480 e. The van der Waals surface area contributed by atoms with Gasteiger partial charge in [-0.25, -0.2) is 0 Å². The highest BCUT2D eigenvalue weighted by molar-refractivity contribution is 7.86. The molecule has 1 saturated heterocycles. The molecule has 0 aromatic carbocycles. The van der Waals surface area contributed by atoms with Gasteiger partial charge in [0.15, 0.2) is 0 Å². The number of carboxylic acid groups (broad SMARTS) is 1. The third-order valence-electron chi connectivity index (χ3n) is 3.23. The number of carboxylic acids is 1. The molecule has 1 unspecified atom stereocenters. The topological polar surface area (TPSA) is 77.9 Å². The maximum absolute atomic E-state index is 12.1. The molecule has 0 amide bonds. The lowest BCUT2D eigenvalue weighted by Gasteiger charge is -2.35. The summed E-state index contributed by atoms with van der Waals surface area (Å²) in [5.74, 6) is -1.04. The molecule has 0 radical (unpaired) electrons. The van der Waals surface area contributed by atoms with Gasteiger partial charge in [-0.2, -0.15) is 17.0 Å². The molecule has 0 aliphatic carbocycles. The van der Waals surface area contributed by atoms with Crippen LogP contribution in [0.15, 0.2) is 0 Å². The molecule has 7 heteroatoms. The van der Waals surface area contributed by atoms with E-state index in [-0.39, 0.29) is 6.54 Å². The van der Waals surface area contributed by atoms with Gasteiger partial charge in [0.2, 0.25) is 0 Å². The van der Waals surface area contributed by atoms with Crippen LogP contribution in [0, 0.1) is 0 Å². The molecule has 0 saturated carbocycles. The van der Waals surface area contributed by atoms with Crippen molar-refractivity contribution in [3.8, 4) is 0 Å². The van der Waals surface area contributed by atoms with Crippen LogP contribution in [0.4, 0.5) is 0 Å². The second kappa shape index (κ2) is 4.91. The Bertz CT molecular complexity index is 393. The number of nitrogens with zero attached hydrogens (tertiary/aromatic N) is 2. The van der Waals surface area contributed by atoms with Gasteiger partial charge in [0, 0.05) is 20.6 Å².